The Hall–Kier alpha value is -3.21. The first-order chi connectivity index (χ1) is 12.2. The molecular weight excluding hydrogens is 321 g/mol. The molecular formula is C17H16FN7. The molecule has 8 heteroatoms. The number of nitriles is 1. The number of H-pyrrole nitrogens is 1. The molecule has 1 aromatic carbocycles. The number of rotatable bonds is 3. The molecule has 0 saturated carbocycles. The van der Waals surface area contributed by atoms with Crippen molar-refractivity contribution < 1.29 is 4.39 Å². The summed E-state index contributed by atoms with van der Waals surface area (Å²) >= 11 is 0. The Balaban J connectivity index is 1.53. The number of halogens is 1. The molecule has 0 amide bonds. The van der Waals surface area contributed by atoms with Crippen LogP contribution in [0.15, 0.2) is 30.9 Å². The SMILES string of the molecule is N#Cc1ccc(N2CCCC(Nc3ncnc4nc[nH]c34)C2)c(F)c1. The van der Waals surface area contributed by atoms with Crippen molar-refractivity contribution >= 4 is 22.7 Å². The van der Waals surface area contributed by atoms with Crippen LogP contribution in [0.1, 0.15) is 18.4 Å². The van der Waals surface area contributed by atoms with E-state index in [0.717, 1.165) is 24.9 Å². The third kappa shape index (κ3) is 2.96. The lowest BCUT2D eigenvalue weighted by molar-refractivity contribution is 0.518. The van der Waals surface area contributed by atoms with Crippen LogP contribution < -0.4 is 10.2 Å². The average molecular weight is 337 g/mol. The number of nitrogens with one attached hydrogen (secondary N) is 2. The number of nitrogens with zero attached hydrogens (tertiary/aromatic N) is 5. The Labute approximate surface area is 143 Å². The summed E-state index contributed by atoms with van der Waals surface area (Å²) in [5.74, 6) is 0.340. The number of fused-ring (bicyclic) bond motifs is 1. The van der Waals surface area contributed by atoms with Gasteiger partial charge in [0, 0.05) is 19.1 Å². The zero-order valence-corrected chi connectivity index (χ0v) is 13.4. The Bertz CT molecular complexity index is 946. The summed E-state index contributed by atoms with van der Waals surface area (Å²) < 4.78 is 14.3. The van der Waals surface area contributed by atoms with Gasteiger partial charge in [0.1, 0.15) is 17.7 Å². The zero-order valence-electron chi connectivity index (χ0n) is 13.4. The van der Waals surface area contributed by atoms with Gasteiger partial charge in [0.2, 0.25) is 0 Å². The molecule has 0 aliphatic carbocycles. The van der Waals surface area contributed by atoms with E-state index in [0.29, 0.717) is 29.3 Å². The van der Waals surface area contributed by atoms with E-state index in [2.05, 4.69) is 25.3 Å². The first kappa shape index (κ1) is 15.3. The van der Waals surface area contributed by atoms with Crippen molar-refractivity contribution in [1.29, 1.82) is 5.26 Å². The van der Waals surface area contributed by atoms with Crippen LogP contribution in [0.25, 0.3) is 11.2 Å². The number of piperidine rings is 1. The van der Waals surface area contributed by atoms with Gasteiger partial charge in [-0.3, -0.25) is 0 Å². The van der Waals surface area contributed by atoms with Gasteiger partial charge in [-0.2, -0.15) is 5.26 Å². The molecule has 2 N–H and O–H groups in total. The molecule has 1 unspecified atom stereocenters. The van der Waals surface area contributed by atoms with Gasteiger partial charge in [-0.1, -0.05) is 0 Å². The molecule has 1 atom stereocenters. The first-order valence-electron chi connectivity index (χ1n) is 8.10. The van der Waals surface area contributed by atoms with E-state index >= 15 is 0 Å². The van der Waals surface area contributed by atoms with E-state index in [9.17, 15) is 4.39 Å². The van der Waals surface area contributed by atoms with E-state index < -0.39 is 0 Å². The van der Waals surface area contributed by atoms with Gasteiger partial charge in [-0.05, 0) is 31.0 Å². The van der Waals surface area contributed by atoms with E-state index in [-0.39, 0.29) is 11.9 Å². The van der Waals surface area contributed by atoms with Crippen LogP contribution in [0.3, 0.4) is 0 Å². The highest BCUT2D eigenvalue weighted by molar-refractivity contribution is 5.82. The second-order valence-corrected chi connectivity index (χ2v) is 6.03. The molecule has 2 aromatic heterocycles. The fraction of sp³-hybridized carbons (Fsp3) is 0.294. The fourth-order valence-electron chi connectivity index (χ4n) is 3.21. The number of imidazole rings is 1. The van der Waals surface area contributed by atoms with Gasteiger partial charge in [-0.25, -0.2) is 19.3 Å². The number of benzene rings is 1. The van der Waals surface area contributed by atoms with E-state index in [4.69, 9.17) is 5.26 Å². The number of hydrogen-bond acceptors (Lipinski definition) is 6. The highest BCUT2D eigenvalue weighted by Gasteiger charge is 2.23. The summed E-state index contributed by atoms with van der Waals surface area (Å²) in [6.45, 7) is 1.44. The molecule has 3 aromatic rings. The molecule has 1 aliphatic heterocycles. The average Bonchev–Trinajstić information content (AvgIpc) is 3.11. The lowest BCUT2D eigenvalue weighted by Crippen LogP contribution is -2.42. The Morgan fingerprint density at radius 3 is 3.08 bits per heavy atom. The number of aromatic nitrogens is 4. The topological polar surface area (TPSA) is 93.5 Å². The molecule has 1 saturated heterocycles. The molecule has 25 heavy (non-hydrogen) atoms. The van der Waals surface area contributed by atoms with E-state index in [1.807, 2.05) is 11.0 Å². The molecule has 7 nitrogen and oxygen atoms in total. The predicted molar refractivity (Wildman–Crippen MR) is 91.7 cm³/mol. The van der Waals surface area contributed by atoms with Crippen LogP contribution in [0, 0.1) is 17.1 Å². The fourth-order valence-corrected chi connectivity index (χ4v) is 3.21. The zero-order chi connectivity index (χ0) is 17.2. The van der Waals surface area contributed by atoms with Gasteiger partial charge in [0.05, 0.1) is 23.6 Å². The van der Waals surface area contributed by atoms with Crippen LogP contribution >= 0.6 is 0 Å². The molecule has 1 fully saturated rings. The first-order valence-corrected chi connectivity index (χ1v) is 8.10. The maximum absolute atomic E-state index is 14.3. The van der Waals surface area contributed by atoms with Gasteiger partial charge in [0.15, 0.2) is 11.5 Å². The largest absolute Gasteiger partial charge is 0.367 e. The van der Waals surface area contributed by atoms with Crippen LogP contribution in [0.2, 0.25) is 0 Å². The standard InChI is InChI=1S/C17H16FN7/c18-13-6-11(7-19)3-4-14(13)25-5-1-2-12(8-25)24-17-15-16(21-9-20-15)22-10-23-17/h3-4,6,9-10,12H,1-2,5,8H2,(H2,20,21,22,23,24). The molecule has 0 radical (unpaired) electrons. The van der Waals surface area contributed by atoms with Crippen molar-refractivity contribution in [3.8, 4) is 6.07 Å². The third-order valence-corrected chi connectivity index (χ3v) is 4.40. The smallest absolute Gasteiger partial charge is 0.182 e. The summed E-state index contributed by atoms with van der Waals surface area (Å²) in [5.41, 5.74) is 2.24. The summed E-state index contributed by atoms with van der Waals surface area (Å²) in [6, 6.07) is 6.69. The molecule has 3 heterocycles. The minimum absolute atomic E-state index is 0.130. The monoisotopic (exact) mass is 337 g/mol. The second kappa shape index (κ2) is 6.36. The van der Waals surface area contributed by atoms with Gasteiger partial charge >= 0.3 is 0 Å². The van der Waals surface area contributed by atoms with Crippen LogP contribution in [0.4, 0.5) is 15.9 Å². The van der Waals surface area contributed by atoms with Crippen molar-refractivity contribution in [2.24, 2.45) is 0 Å². The summed E-state index contributed by atoms with van der Waals surface area (Å²) in [6.07, 6.45) is 4.97. The second-order valence-electron chi connectivity index (χ2n) is 6.03. The maximum atomic E-state index is 14.3. The third-order valence-electron chi connectivity index (χ3n) is 4.40. The highest BCUT2D eigenvalue weighted by Crippen LogP contribution is 2.26. The minimum Gasteiger partial charge on any atom is -0.367 e. The Kier molecular flexibility index (Phi) is 3.90. The number of hydrogen-bond donors (Lipinski definition) is 2. The van der Waals surface area contributed by atoms with Crippen molar-refractivity contribution in [2.45, 2.75) is 18.9 Å². The lowest BCUT2D eigenvalue weighted by atomic mass is 10.0. The van der Waals surface area contributed by atoms with Crippen molar-refractivity contribution in [3.63, 3.8) is 0 Å². The van der Waals surface area contributed by atoms with Gasteiger partial charge in [-0.15, -0.1) is 0 Å². The number of anilines is 2. The predicted octanol–water partition coefficient (Wildman–Crippen LogP) is 2.44. The van der Waals surface area contributed by atoms with Crippen molar-refractivity contribution in [3.05, 3.63) is 42.2 Å². The Morgan fingerprint density at radius 2 is 2.24 bits per heavy atom. The lowest BCUT2D eigenvalue weighted by Gasteiger charge is -2.35. The molecule has 0 bridgehead atoms. The van der Waals surface area contributed by atoms with Crippen LogP contribution in [-0.2, 0) is 0 Å². The van der Waals surface area contributed by atoms with Crippen LogP contribution in [-0.4, -0.2) is 39.1 Å². The van der Waals surface area contributed by atoms with E-state index in [1.54, 1.807) is 18.5 Å². The van der Waals surface area contributed by atoms with Gasteiger partial charge < -0.3 is 15.2 Å². The minimum atomic E-state index is -0.363. The molecule has 1 aliphatic rings. The maximum Gasteiger partial charge on any atom is 0.182 e. The summed E-state index contributed by atoms with van der Waals surface area (Å²) in [5, 5.41) is 12.3. The van der Waals surface area contributed by atoms with Gasteiger partial charge in [0.25, 0.3) is 0 Å². The molecule has 0 spiro atoms. The highest BCUT2D eigenvalue weighted by atomic mass is 19.1. The molecule has 126 valence electrons. The molecule has 4 rings (SSSR count). The Morgan fingerprint density at radius 1 is 1.32 bits per heavy atom. The van der Waals surface area contributed by atoms with Crippen molar-refractivity contribution in [2.75, 3.05) is 23.3 Å². The number of aromatic amines is 1. The quantitative estimate of drug-likeness (QED) is 0.762. The summed E-state index contributed by atoms with van der Waals surface area (Å²) in [7, 11) is 0. The summed E-state index contributed by atoms with van der Waals surface area (Å²) in [4.78, 5) is 17.6. The normalized spacial score (nSPS) is 17.4. The van der Waals surface area contributed by atoms with Crippen molar-refractivity contribution in [1.82, 2.24) is 19.9 Å². The van der Waals surface area contributed by atoms with E-state index in [1.165, 1.54) is 12.4 Å². The van der Waals surface area contributed by atoms with Crippen LogP contribution in [0.5, 0.6) is 0 Å².